The van der Waals surface area contributed by atoms with Crippen LogP contribution in [0.15, 0.2) is 38.3 Å². The molecule has 0 radical (unpaired) electrons. The Kier molecular flexibility index (Phi) is 3.79. The van der Waals surface area contributed by atoms with Gasteiger partial charge in [0.2, 0.25) is 0 Å². The van der Waals surface area contributed by atoms with Crippen molar-refractivity contribution in [1.82, 2.24) is 0 Å². The summed E-state index contributed by atoms with van der Waals surface area (Å²) in [7, 11) is -3.49. The Balaban J connectivity index is 2.42. The van der Waals surface area contributed by atoms with Crippen LogP contribution in [0.4, 0.5) is 5.69 Å². The van der Waals surface area contributed by atoms with Gasteiger partial charge in [-0.1, -0.05) is 12.1 Å². The molecule has 0 aliphatic carbocycles. The van der Waals surface area contributed by atoms with Gasteiger partial charge in [-0.2, -0.15) is 0 Å². The van der Waals surface area contributed by atoms with Crippen molar-refractivity contribution in [2.45, 2.75) is 18.1 Å². The van der Waals surface area contributed by atoms with E-state index in [1.165, 1.54) is 11.3 Å². The summed E-state index contributed by atoms with van der Waals surface area (Å²) in [5, 5.41) is 1.74. The summed E-state index contributed by atoms with van der Waals surface area (Å²) in [5.74, 6) is 0. The lowest BCUT2D eigenvalue weighted by atomic mass is 10.1. The summed E-state index contributed by atoms with van der Waals surface area (Å²) >= 11 is 4.59. The van der Waals surface area contributed by atoms with Crippen molar-refractivity contribution in [2.24, 2.45) is 0 Å². The predicted octanol–water partition coefficient (Wildman–Crippen LogP) is 3.93. The first-order valence-corrected chi connectivity index (χ1v) is 8.39. The zero-order valence-corrected chi connectivity index (χ0v) is 13.1. The molecule has 1 heterocycles. The molecule has 0 unspecified atom stereocenters. The first kappa shape index (κ1) is 13.6. The van der Waals surface area contributed by atoms with Crippen LogP contribution in [0.25, 0.3) is 0 Å². The van der Waals surface area contributed by atoms with Gasteiger partial charge in [0.05, 0.1) is 5.69 Å². The second-order valence-electron chi connectivity index (χ2n) is 3.98. The Morgan fingerprint density at radius 1 is 1.28 bits per heavy atom. The van der Waals surface area contributed by atoms with Crippen molar-refractivity contribution < 1.29 is 8.42 Å². The monoisotopic (exact) mass is 345 g/mol. The number of hydrogen-bond donors (Lipinski definition) is 1. The van der Waals surface area contributed by atoms with Crippen molar-refractivity contribution in [1.29, 1.82) is 0 Å². The molecule has 2 aromatic rings. The Hall–Kier alpha value is -0.850. The predicted molar refractivity (Wildman–Crippen MR) is 78.7 cm³/mol. The molecule has 0 saturated heterocycles. The Bertz CT molecular complexity index is 640. The molecule has 18 heavy (non-hydrogen) atoms. The number of benzene rings is 1. The van der Waals surface area contributed by atoms with Crippen LogP contribution >= 0.6 is 27.3 Å². The molecule has 0 spiro atoms. The fraction of sp³-hybridized carbons (Fsp3) is 0.167. The lowest BCUT2D eigenvalue weighted by molar-refractivity contribution is 0.603. The summed E-state index contributed by atoms with van der Waals surface area (Å²) < 4.78 is 27.9. The van der Waals surface area contributed by atoms with E-state index in [4.69, 9.17) is 0 Å². The highest BCUT2D eigenvalue weighted by molar-refractivity contribution is 9.10. The molecule has 0 aliphatic heterocycles. The Labute approximate surface area is 119 Å². The third-order valence-electron chi connectivity index (χ3n) is 2.43. The molecule has 0 bridgehead atoms. The van der Waals surface area contributed by atoms with Gasteiger partial charge in [-0.15, -0.1) is 11.3 Å². The molecule has 0 fully saturated rings. The fourth-order valence-electron chi connectivity index (χ4n) is 1.65. The van der Waals surface area contributed by atoms with E-state index in [2.05, 4.69) is 20.7 Å². The Morgan fingerprint density at radius 2 is 2.00 bits per heavy atom. The summed E-state index contributed by atoms with van der Waals surface area (Å²) in [6.07, 6.45) is 0. The number of halogens is 1. The number of thiophene rings is 1. The van der Waals surface area contributed by atoms with Crippen molar-refractivity contribution >= 4 is 43.0 Å². The fourth-order valence-corrected chi connectivity index (χ4v) is 4.69. The van der Waals surface area contributed by atoms with Gasteiger partial charge in [-0.25, -0.2) is 8.42 Å². The molecule has 1 aromatic heterocycles. The maximum absolute atomic E-state index is 12.1. The second kappa shape index (κ2) is 5.03. The van der Waals surface area contributed by atoms with Crippen molar-refractivity contribution in [3.8, 4) is 0 Å². The third-order valence-corrected chi connectivity index (χ3v) is 5.80. The molecule has 0 atom stereocenters. The average Bonchev–Trinajstić information content (AvgIpc) is 2.77. The van der Waals surface area contributed by atoms with Crippen LogP contribution in [0, 0.1) is 13.8 Å². The van der Waals surface area contributed by atoms with E-state index in [0.29, 0.717) is 9.90 Å². The van der Waals surface area contributed by atoms with Gasteiger partial charge >= 0.3 is 0 Å². The average molecular weight is 346 g/mol. The van der Waals surface area contributed by atoms with Crippen LogP contribution < -0.4 is 4.72 Å². The molecule has 96 valence electrons. The molecule has 0 aliphatic rings. The van der Waals surface area contributed by atoms with E-state index in [0.717, 1.165) is 15.6 Å². The van der Waals surface area contributed by atoms with Gasteiger partial charge in [0.1, 0.15) is 4.21 Å². The lowest BCUT2D eigenvalue weighted by Gasteiger charge is -2.12. The van der Waals surface area contributed by atoms with E-state index in [1.54, 1.807) is 17.5 Å². The lowest BCUT2D eigenvalue weighted by Crippen LogP contribution is -2.13. The number of rotatable bonds is 3. The van der Waals surface area contributed by atoms with Crippen LogP contribution in [0.3, 0.4) is 0 Å². The van der Waals surface area contributed by atoms with Gasteiger partial charge in [0.15, 0.2) is 0 Å². The van der Waals surface area contributed by atoms with Gasteiger partial charge < -0.3 is 0 Å². The van der Waals surface area contributed by atoms with E-state index >= 15 is 0 Å². The first-order chi connectivity index (χ1) is 8.40. The SMILES string of the molecule is Cc1cc(C)c(NS(=O)(=O)c2cccs2)c(Br)c1. The summed E-state index contributed by atoms with van der Waals surface area (Å²) in [4.78, 5) is 0. The van der Waals surface area contributed by atoms with Crippen LogP contribution in [-0.4, -0.2) is 8.42 Å². The van der Waals surface area contributed by atoms with Crippen molar-refractivity contribution in [3.63, 3.8) is 0 Å². The molecule has 0 saturated carbocycles. The quantitative estimate of drug-likeness (QED) is 0.915. The van der Waals surface area contributed by atoms with Crippen LogP contribution in [0.5, 0.6) is 0 Å². The van der Waals surface area contributed by atoms with E-state index in [9.17, 15) is 8.42 Å². The third kappa shape index (κ3) is 2.76. The molecule has 6 heteroatoms. The zero-order valence-electron chi connectivity index (χ0n) is 9.90. The van der Waals surface area contributed by atoms with E-state index in [1.807, 2.05) is 26.0 Å². The van der Waals surface area contributed by atoms with Crippen LogP contribution in [-0.2, 0) is 10.0 Å². The number of nitrogens with one attached hydrogen (secondary N) is 1. The normalized spacial score (nSPS) is 11.5. The van der Waals surface area contributed by atoms with Crippen molar-refractivity contribution in [3.05, 3.63) is 45.2 Å². The molecular weight excluding hydrogens is 334 g/mol. The van der Waals surface area contributed by atoms with E-state index in [-0.39, 0.29) is 0 Å². The number of hydrogen-bond acceptors (Lipinski definition) is 3. The summed E-state index contributed by atoms with van der Waals surface area (Å²) in [6.45, 7) is 3.85. The smallest absolute Gasteiger partial charge is 0.271 e. The molecule has 2 rings (SSSR count). The number of aryl methyl sites for hydroxylation is 2. The minimum atomic E-state index is -3.49. The molecule has 1 aromatic carbocycles. The highest BCUT2D eigenvalue weighted by atomic mass is 79.9. The summed E-state index contributed by atoms with van der Waals surface area (Å²) in [5.41, 5.74) is 2.56. The standard InChI is InChI=1S/C12H12BrNO2S2/c1-8-6-9(2)12(10(13)7-8)14-18(15,16)11-4-3-5-17-11/h3-7,14H,1-2H3. The summed E-state index contributed by atoms with van der Waals surface area (Å²) in [6, 6.07) is 7.14. The topological polar surface area (TPSA) is 46.2 Å². The van der Waals surface area contributed by atoms with Gasteiger partial charge in [0.25, 0.3) is 10.0 Å². The van der Waals surface area contributed by atoms with Gasteiger partial charge in [0, 0.05) is 4.47 Å². The number of sulfonamides is 1. The van der Waals surface area contributed by atoms with Crippen LogP contribution in [0.2, 0.25) is 0 Å². The number of anilines is 1. The molecule has 1 N–H and O–H groups in total. The van der Waals surface area contributed by atoms with Crippen molar-refractivity contribution in [2.75, 3.05) is 4.72 Å². The zero-order chi connectivity index (χ0) is 13.3. The molecular formula is C12H12BrNO2S2. The molecule has 3 nitrogen and oxygen atoms in total. The van der Waals surface area contributed by atoms with Gasteiger partial charge in [-0.3, -0.25) is 4.72 Å². The minimum absolute atomic E-state index is 0.314. The minimum Gasteiger partial charge on any atom is -0.278 e. The largest absolute Gasteiger partial charge is 0.278 e. The van der Waals surface area contributed by atoms with E-state index < -0.39 is 10.0 Å². The highest BCUT2D eigenvalue weighted by Crippen LogP contribution is 2.30. The second-order valence-corrected chi connectivity index (χ2v) is 7.69. The van der Waals surface area contributed by atoms with Crippen LogP contribution in [0.1, 0.15) is 11.1 Å². The Morgan fingerprint density at radius 3 is 2.56 bits per heavy atom. The highest BCUT2D eigenvalue weighted by Gasteiger charge is 2.17. The molecule has 0 amide bonds. The maximum Gasteiger partial charge on any atom is 0.271 e. The first-order valence-electron chi connectivity index (χ1n) is 5.23. The maximum atomic E-state index is 12.1. The van der Waals surface area contributed by atoms with Gasteiger partial charge in [-0.05, 0) is 58.4 Å².